The summed E-state index contributed by atoms with van der Waals surface area (Å²) in [6.07, 6.45) is 21.0. The molecule has 0 radical (unpaired) electrons. The molecule has 2 amide bonds. The smallest absolute Gasteiger partial charge is 0.226 e. The summed E-state index contributed by atoms with van der Waals surface area (Å²) in [4.78, 5) is 27.0. The van der Waals surface area contributed by atoms with Crippen molar-refractivity contribution in [1.82, 2.24) is 4.90 Å². The van der Waals surface area contributed by atoms with Gasteiger partial charge >= 0.3 is 0 Å². The molecule has 0 spiro atoms. The third kappa shape index (κ3) is 14.9. The molecule has 1 aromatic carbocycles. The lowest BCUT2D eigenvalue weighted by Gasteiger charge is -2.25. The van der Waals surface area contributed by atoms with Gasteiger partial charge in [-0.15, -0.1) is 5.92 Å². The molecular formula is C33H52N2O3. The van der Waals surface area contributed by atoms with Gasteiger partial charge in [0.2, 0.25) is 11.8 Å². The lowest BCUT2D eigenvalue weighted by Crippen LogP contribution is -2.40. The zero-order chi connectivity index (χ0) is 28.0. The Morgan fingerprint density at radius 2 is 1.47 bits per heavy atom. The fourth-order valence-electron chi connectivity index (χ4n) is 4.64. The van der Waals surface area contributed by atoms with E-state index in [1.54, 1.807) is 25.9 Å². The number of nitrogens with two attached hydrogens (primary N) is 1. The molecule has 0 fully saturated rings. The molecule has 0 aliphatic carbocycles. The normalized spacial score (nSPS) is 12.5. The van der Waals surface area contributed by atoms with Crippen LogP contribution in [0.15, 0.2) is 36.4 Å². The monoisotopic (exact) mass is 524 g/mol. The molecule has 1 unspecified atom stereocenters. The summed E-state index contributed by atoms with van der Waals surface area (Å²) in [6, 6.07) is 7.59. The molecule has 38 heavy (non-hydrogen) atoms. The molecule has 0 aliphatic rings. The van der Waals surface area contributed by atoms with E-state index in [4.69, 9.17) is 10.5 Å². The van der Waals surface area contributed by atoms with Crippen LogP contribution in [0.4, 0.5) is 0 Å². The Bertz CT molecular complexity index is 864. The maximum atomic E-state index is 13.0. The van der Waals surface area contributed by atoms with Crippen LogP contribution >= 0.6 is 0 Å². The van der Waals surface area contributed by atoms with Gasteiger partial charge in [-0.2, -0.15) is 0 Å². The van der Waals surface area contributed by atoms with E-state index in [1.165, 1.54) is 70.6 Å². The SMILES string of the molecule is CC#CCOc1ccc(C[C@H](C(=O)N(C)C)C(C=CCCCCCCCCCCCCCC)C(N)=O)cc1. The van der Waals surface area contributed by atoms with Gasteiger partial charge in [-0.1, -0.05) is 108 Å². The molecule has 0 aromatic heterocycles. The number of allylic oxidation sites excluding steroid dienone is 1. The molecule has 2 atom stereocenters. The number of nitrogens with zero attached hydrogens (tertiary/aromatic N) is 1. The van der Waals surface area contributed by atoms with E-state index >= 15 is 0 Å². The highest BCUT2D eigenvalue weighted by atomic mass is 16.5. The first-order valence-electron chi connectivity index (χ1n) is 14.7. The van der Waals surface area contributed by atoms with Gasteiger partial charge in [0.15, 0.2) is 0 Å². The van der Waals surface area contributed by atoms with Gasteiger partial charge in [-0.05, 0) is 43.9 Å². The maximum absolute atomic E-state index is 13.0. The zero-order valence-corrected chi connectivity index (χ0v) is 24.5. The first kappa shape index (κ1) is 33.3. The molecule has 1 rings (SSSR count). The van der Waals surface area contributed by atoms with Crippen molar-refractivity contribution >= 4 is 11.8 Å². The molecule has 0 aliphatic heterocycles. The van der Waals surface area contributed by atoms with Crippen molar-refractivity contribution in [1.29, 1.82) is 0 Å². The summed E-state index contributed by atoms with van der Waals surface area (Å²) >= 11 is 0. The van der Waals surface area contributed by atoms with Crippen molar-refractivity contribution in [3.63, 3.8) is 0 Å². The van der Waals surface area contributed by atoms with Gasteiger partial charge in [-0.25, -0.2) is 0 Å². The molecule has 0 heterocycles. The van der Waals surface area contributed by atoms with Gasteiger partial charge < -0.3 is 15.4 Å². The molecular weight excluding hydrogens is 472 g/mol. The van der Waals surface area contributed by atoms with E-state index in [0.29, 0.717) is 13.0 Å². The molecule has 5 nitrogen and oxygen atoms in total. The number of carbonyl (C=O) groups excluding carboxylic acids is 2. The minimum Gasteiger partial charge on any atom is -0.481 e. The number of unbranched alkanes of at least 4 members (excludes halogenated alkanes) is 12. The molecule has 1 aromatic rings. The van der Waals surface area contributed by atoms with E-state index in [0.717, 1.165) is 24.2 Å². The number of amides is 2. The molecule has 212 valence electrons. The Morgan fingerprint density at radius 3 is 1.97 bits per heavy atom. The fourth-order valence-corrected chi connectivity index (χ4v) is 4.64. The van der Waals surface area contributed by atoms with Crippen LogP contribution in [0.3, 0.4) is 0 Å². The van der Waals surface area contributed by atoms with E-state index in [1.807, 2.05) is 36.4 Å². The van der Waals surface area contributed by atoms with E-state index in [-0.39, 0.29) is 5.91 Å². The molecule has 0 saturated carbocycles. The van der Waals surface area contributed by atoms with Crippen LogP contribution in [0.2, 0.25) is 0 Å². The van der Waals surface area contributed by atoms with E-state index < -0.39 is 17.7 Å². The van der Waals surface area contributed by atoms with Crippen molar-refractivity contribution in [2.75, 3.05) is 20.7 Å². The van der Waals surface area contributed by atoms with Crippen LogP contribution < -0.4 is 10.5 Å². The number of hydrogen-bond donors (Lipinski definition) is 1. The van der Waals surface area contributed by atoms with Gasteiger partial charge in [-0.3, -0.25) is 9.59 Å². The summed E-state index contributed by atoms with van der Waals surface area (Å²) in [5, 5.41) is 0. The van der Waals surface area contributed by atoms with Gasteiger partial charge in [0.1, 0.15) is 12.4 Å². The average Bonchev–Trinajstić information content (AvgIpc) is 2.90. The largest absolute Gasteiger partial charge is 0.481 e. The Balaban J connectivity index is 2.52. The predicted molar refractivity (Wildman–Crippen MR) is 159 cm³/mol. The standard InChI is InChI=1S/C33H52N2O3/c1-5-7-9-10-11-12-13-14-15-16-17-18-19-20-21-30(32(34)36)31(33(37)35(3)4)27-28-22-24-29(25-23-28)38-26-8-6-2/h20-25,30-31H,5,7,9-19,26-27H2,1-4H3,(H2,34,36)/t30?,31-/m0/s1. The third-order valence-electron chi connectivity index (χ3n) is 6.95. The molecule has 5 heteroatoms. The Hall–Kier alpha value is -2.74. The average molecular weight is 525 g/mol. The maximum Gasteiger partial charge on any atom is 0.226 e. The van der Waals surface area contributed by atoms with Crippen LogP contribution in [0.25, 0.3) is 0 Å². The first-order chi connectivity index (χ1) is 18.4. The number of carbonyl (C=O) groups is 2. The Kier molecular flexibility index (Phi) is 18.6. The lowest BCUT2D eigenvalue weighted by atomic mass is 9.84. The number of benzene rings is 1. The van der Waals surface area contributed by atoms with Gasteiger partial charge in [0.05, 0.1) is 11.8 Å². The molecule has 0 saturated heterocycles. The number of rotatable bonds is 21. The van der Waals surface area contributed by atoms with Crippen LogP contribution in [-0.2, 0) is 16.0 Å². The van der Waals surface area contributed by atoms with Gasteiger partial charge in [0, 0.05) is 14.1 Å². The zero-order valence-electron chi connectivity index (χ0n) is 24.5. The van der Waals surface area contributed by atoms with E-state index in [9.17, 15) is 9.59 Å². The molecule has 2 N–H and O–H groups in total. The quantitative estimate of drug-likeness (QED) is 0.106. The van der Waals surface area contributed by atoms with Crippen LogP contribution in [0, 0.1) is 23.7 Å². The van der Waals surface area contributed by atoms with Gasteiger partial charge in [0.25, 0.3) is 0 Å². The summed E-state index contributed by atoms with van der Waals surface area (Å²) in [5.74, 6) is 4.65. The highest BCUT2D eigenvalue weighted by molar-refractivity contribution is 5.88. The van der Waals surface area contributed by atoms with Crippen LogP contribution in [-0.4, -0.2) is 37.4 Å². The second-order valence-corrected chi connectivity index (χ2v) is 10.4. The summed E-state index contributed by atoms with van der Waals surface area (Å²) in [7, 11) is 3.44. The lowest BCUT2D eigenvalue weighted by molar-refractivity contribution is -0.137. The number of ether oxygens (including phenoxy) is 1. The third-order valence-corrected chi connectivity index (χ3v) is 6.95. The van der Waals surface area contributed by atoms with E-state index in [2.05, 4.69) is 18.8 Å². The van der Waals surface area contributed by atoms with Crippen molar-refractivity contribution < 1.29 is 14.3 Å². The predicted octanol–water partition coefficient (Wildman–Crippen LogP) is 7.08. The number of primary amides is 1. The van der Waals surface area contributed by atoms with Crippen LogP contribution in [0.1, 0.15) is 103 Å². The van der Waals surface area contributed by atoms with Crippen LogP contribution in [0.5, 0.6) is 5.75 Å². The second kappa shape index (κ2) is 21.2. The van der Waals surface area contributed by atoms with Crippen molar-refractivity contribution in [2.45, 2.75) is 104 Å². The van der Waals surface area contributed by atoms with Crippen molar-refractivity contribution in [3.8, 4) is 17.6 Å². The Morgan fingerprint density at radius 1 is 0.921 bits per heavy atom. The fraction of sp³-hybridized carbons (Fsp3) is 0.636. The summed E-state index contributed by atoms with van der Waals surface area (Å²) in [6.45, 7) is 4.38. The van der Waals surface area contributed by atoms with Crippen molar-refractivity contribution in [3.05, 3.63) is 42.0 Å². The minimum atomic E-state index is -0.641. The minimum absolute atomic E-state index is 0.0950. The van der Waals surface area contributed by atoms with Crippen molar-refractivity contribution in [2.24, 2.45) is 17.6 Å². The highest BCUT2D eigenvalue weighted by Gasteiger charge is 2.31. The summed E-state index contributed by atoms with van der Waals surface area (Å²) in [5.41, 5.74) is 6.74. The Labute approximate surface area is 232 Å². The second-order valence-electron chi connectivity index (χ2n) is 10.4. The first-order valence-corrected chi connectivity index (χ1v) is 14.7. The summed E-state index contributed by atoms with van der Waals surface area (Å²) < 4.78 is 5.58. The topological polar surface area (TPSA) is 72.6 Å². The highest BCUT2D eigenvalue weighted by Crippen LogP contribution is 2.24. The molecule has 0 bridgehead atoms. The number of hydrogen-bond acceptors (Lipinski definition) is 3.